The average Bonchev–Trinajstić information content (AvgIpc) is 2.74. The van der Waals surface area contributed by atoms with Crippen LogP contribution in [0.3, 0.4) is 0 Å². The molecule has 2 aromatic rings. The van der Waals surface area contributed by atoms with Crippen LogP contribution in [0.2, 0.25) is 0 Å². The lowest BCUT2D eigenvalue weighted by molar-refractivity contribution is 0.0954. The van der Waals surface area contributed by atoms with E-state index < -0.39 is 0 Å². The van der Waals surface area contributed by atoms with Crippen LogP contribution in [0.25, 0.3) is 0 Å². The number of thiophene rings is 1. The van der Waals surface area contributed by atoms with Gasteiger partial charge < -0.3 is 5.32 Å². The lowest BCUT2D eigenvalue weighted by Crippen LogP contribution is -2.22. The van der Waals surface area contributed by atoms with Crippen molar-refractivity contribution in [3.8, 4) is 0 Å². The Bertz CT molecular complexity index is 572. The summed E-state index contributed by atoms with van der Waals surface area (Å²) in [5, 5.41) is 4.92. The van der Waals surface area contributed by atoms with E-state index in [9.17, 15) is 4.79 Å². The zero-order valence-electron chi connectivity index (χ0n) is 10.9. The number of carbonyl (C=O) groups is 1. The van der Waals surface area contributed by atoms with Gasteiger partial charge in [-0.1, -0.05) is 23.8 Å². The van der Waals surface area contributed by atoms with Gasteiger partial charge in [0.25, 0.3) is 5.91 Å². The number of rotatable bonds is 3. The molecule has 1 aromatic heterocycles. The molecule has 0 aliphatic rings. The number of hydrogen-bond acceptors (Lipinski definition) is 2. The van der Waals surface area contributed by atoms with Gasteiger partial charge in [-0.15, -0.1) is 11.3 Å². The minimum Gasteiger partial charge on any atom is -0.347 e. The third-order valence-corrected chi connectivity index (χ3v) is 4.02. The van der Waals surface area contributed by atoms with Crippen molar-refractivity contribution in [1.82, 2.24) is 5.32 Å². The summed E-state index contributed by atoms with van der Waals surface area (Å²) in [6.07, 6.45) is 0. The normalized spacial score (nSPS) is 10.4. The Kier molecular flexibility index (Phi) is 3.82. The van der Waals surface area contributed by atoms with Crippen molar-refractivity contribution < 1.29 is 4.79 Å². The molecule has 0 atom stereocenters. The average molecular weight is 259 g/mol. The highest BCUT2D eigenvalue weighted by molar-refractivity contribution is 7.12. The summed E-state index contributed by atoms with van der Waals surface area (Å²) in [4.78, 5) is 12.8. The van der Waals surface area contributed by atoms with Crippen LogP contribution in [-0.4, -0.2) is 5.91 Å². The van der Waals surface area contributed by atoms with Crippen molar-refractivity contribution in [1.29, 1.82) is 0 Å². The molecule has 0 saturated carbocycles. The molecule has 2 rings (SSSR count). The Morgan fingerprint density at radius 2 is 1.94 bits per heavy atom. The molecule has 0 spiro atoms. The highest BCUT2D eigenvalue weighted by Gasteiger charge is 2.10. The van der Waals surface area contributed by atoms with Gasteiger partial charge in [-0.25, -0.2) is 0 Å². The molecule has 0 bridgehead atoms. The molecular formula is C15H17NOS. The van der Waals surface area contributed by atoms with Gasteiger partial charge in [0.15, 0.2) is 0 Å². The predicted octanol–water partition coefficient (Wildman–Crippen LogP) is 3.60. The number of amides is 1. The van der Waals surface area contributed by atoms with Gasteiger partial charge in [-0.05, 0) is 48.9 Å². The fourth-order valence-electron chi connectivity index (χ4n) is 1.91. The van der Waals surface area contributed by atoms with Crippen molar-refractivity contribution in [2.24, 2.45) is 0 Å². The number of hydrogen-bond donors (Lipinski definition) is 1. The minimum atomic E-state index is 0.0162. The molecule has 1 heterocycles. The summed E-state index contributed by atoms with van der Waals surface area (Å²) >= 11 is 1.49. The molecule has 0 aliphatic carbocycles. The molecule has 0 unspecified atom stereocenters. The first-order valence-electron chi connectivity index (χ1n) is 5.96. The third kappa shape index (κ3) is 2.79. The smallest absolute Gasteiger partial charge is 0.261 e. The molecule has 1 amide bonds. The van der Waals surface area contributed by atoms with Crippen LogP contribution in [0, 0.1) is 20.8 Å². The van der Waals surface area contributed by atoms with E-state index in [-0.39, 0.29) is 5.91 Å². The van der Waals surface area contributed by atoms with Crippen molar-refractivity contribution >= 4 is 17.2 Å². The van der Waals surface area contributed by atoms with Gasteiger partial charge in [-0.3, -0.25) is 4.79 Å². The lowest BCUT2D eigenvalue weighted by Gasteiger charge is -2.08. The predicted molar refractivity (Wildman–Crippen MR) is 76.1 cm³/mol. The summed E-state index contributed by atoms with van der Waals surface area (Å²) in [5.41, 5.74) is 4.68. The molecule has 0 fully saturated rings. The van der Waals surface area contributed by atoms with Gasteiger partial charge in [0.1, 0.15) is 0 Å². The Morgan fingerprint density at radius 3 is 2.56 bits per heavy atom. The van der Waals surface area contributed by atoms with Gasteiger partial charge in [0.05, 0.1) is 4.88 Å². The first-order valence-corrected chi connectivity index (χ1v) is 6.84. The standard InChI is InChI=1S/C15H17NOS/c1-10-4-5-13(12(3)8-10)9-16-15(17)14-11(2)6-7-18-14/h4-8H,9H2,1-3H3,(H,16,17). The van der Waals surface area contributed by atoms with Gasteiger partial charge in [-0.2, -0.15) is 0 Å². The highest BCUT2D eigenvalue weighted by atomic mass is 32.1. The Labute approximate surface area is 112 Å². The van der Waals surface area contributed by atoms with Crippen molar-refractivity contribution in [2.45, 2.75) is 27.3 Å². The molecule has 94 valence electrons. The lowest BCUT2D eigenvalue weighted by atomic mass is 10.1. The first-order chi connectivity index (χ1) is 8.58. The molecular weight excluding hydrogens is 242 g/mol. The minimum absolute atomic E-state index is 0.0162. The molecule has 0 saturated heterocycles. The number of benzene rings is 1. The monoisotopic (exact) mass is 259 g/mol. The molecule has 18 heavy (non-hydrogen) atoms. The van der Waals surface area contributed by atoms with Crippen LogP contribution >= 0.6 is 11.3 Å². The maximum absolute atomic E-state index is 12.0. The molecule has 0 aliphatic heterocycles. The fraction of sp³-hybridized carbons (Fsp3) is 0.267. The molecule has 1 aromatic carbocycles. The summed E-state index contributed by atoms with van der Waals surface area (Å²) in [6.45, 7) is 6.69. The topological polar surface area (TPSA) is 29.1 Å². The largest absolute Gasteiger partial charge is 0.347 e. The van der Waals surface area contributed by atoms with Gasteiger partial charge in [0.2, 0.25) is 0 Å². The number of carbonyl (C=O) groups excluding carboxylic acids is 1. The van der Waals surface area contributed by atoms with Crippen LogP contribution in [0.4, 0.5) is 0 Å². The van der Waals surface area contributed by atoms with E-state index in [0.717, 1.165) is 10.4 Å². The molecule has 3 heteroatoms. The van der Waals surface area contributed by atoms with Crippen LogP contribution < -0.4 is 5.32 Å². The zero-order valence-corrected chi connectivity index (χ0v) is 11.7. The Morgan fingerprint density at radius 1 is 1.17 bits per heavy atom. The maximum Gasteiger partial charge on any atom is 0.261 e. The zero-order chi connectivity index (χ0) is 13.1. The SMILES string of the molecule is Cc1ccc(CNC(=O)c2sccc2C)c(C)c1. The summed E-state index contributed by atoms with van der Waals surface area (Å²) in [5.74, 6) is 0.0162. The number of nitrogens with one attached hydrogen (secondary N) is 1. The second kappa shape index (κ2) is 5.36. The summed E-state index contributed by atoms with van der Waals surface area (Å²) < 4.78 is 0. The van der Waals surface area contributed by atoms with Crippen LogP contribution in [-0.2, 0) is 6.54 Å². The maximum atomic E-state index is 12.0. The Balaban J connectivity index is 2.04. The molecule has 1 N–H and O–H groups in total. The first kappa shape index (κ1) is 12.8. The molecule has 0 radical (unpaired) electrons. The molecule has 2 nitrogen and oxygen atoms in total. The van der Waals surface area contributed by atoms with E-state index in [1.807, 2.05) is 18.4 Å². The van der Waals surface area contributed by atoms with E-state index in [4.69, 9.17) is 0 Å². The van der Waals surface area contributed by atoms with E-state index in [1.165, 1.54) is 28.0 Å². The van der Waals surface area contributed by atoms with Crippen molar-refractivity contribution in [3.05, 3.63) is 56.8 Å². The van der Waals surface area contributed by atoms with Crippen molar-refractivity contribution in [2.75, 3.05) is 0 Å². The van der Waals surface area contributed by atoms with Gasteiger partial charge in [0, 0.05) is 6.54 Å². The van der Waals surface area contributed by atoms with Gasteiger partial charge >= 0.3 is 0 Å². The number of aryl methyl sites for hydroxylation is 3. The second-order valence-electron chi connectivity index (χ2n) is 4.55. The Hall–Kier alpha value is -1.61. The quantitative estimate of drug-likeness (QED) is 0.896. The fourth-order valence-corrected chi connectivity index (χ4v) is 2.75. The van der Waals surface area contributed by atoms with Crippen LogP contribution in [0.5, 0.6) is 0 Å². The third-order valence-electron chi connectivity index (χ3n) is 3.01. The second-order valence-corrected chi connectivity index (χ2v) is 5.46. The van der Waals surface area contributed by atoms with E-state index >= 15 is 0 Å². The van der Waals surface area contributed by atoms with E-state index in [1.54, 1.807) is 0 Å². The summed E-state index contributed by atoms with van der Waals surface area (Å²) in [7, 11) is 0. The summed E-state index contributed by atoms with van der Waals surface area (Å²) in [6, 6.07) is 8.26. The van der Waals surface area contributed by atoms with Crippen molar-refractivity contribution in [3.63, 3.8) is 0 Å². The van der Waals surface area contributed by atoms with Crippen LogP contribution in [0.15, 0.2) is 29.6 Å². The van der Waals surface area contributed by atoms with E-state index in [0.29, 0.717) is 6.54 Å². The van der Waals surface area contributed by atoms with Crippen LogP contribution in [0.1, 0.15) is 31.9 Å². The van der Waals surface area contributed by atoms with E-state index in [2.05, 4.69) is 37.4 Å². The highest BCUT2D eigenvalue weighted by Crippen LogP contribution is 2.16.